The Morgan fingerprint density at radius 3 is 2.59 bits per heavy atom. The number of ether oxygens (including phenoxy) is 1. The second-order valence-corrected chi connectivity index (χ2v) is 6.53. The molecule has 3 aromatic rings. The van der Waals surface area contributed by atoms with Crippen LogP contribution in [-0.2, 0) is 13.7 Å². The molecule has 0 saturated carbocycles. The molecule has 0 fully saturated rings. The molecule has 0 aliphatic rings. The number of nitrogens with two attached hydrogens (primary N) is 1. The summed E-state index contributed by atoms with van der Waals surface area (Å²) >= 11 is 0. The van der Waals surface area contributed by atoms with Crippen molar-refractivity contribution in [2.75, 3.05) is 5.32 Å². The number of rotatable bonds is 5. The first-order chi connectivity index (χ1) is 13.0. The van der Waals surface area contributed by atoms with Gasteiger partial charge < -0.3 is 14.6 Å². The molecule has 2 amide bonds. The second-order valence-electron chi connectivity index (χ2n) is 6.53. The maximum Gasteiger partial charge on any atom is 0.333 e. The third-order valence-electron chi connectivity index (χ3n) is 4.50. The van der Waals surface area contributed by atoms with E-state index in [0.717, 1.165) is 28.0 Å². The summed E-state index contributed by atoms with van der Waals surface area (Å²) in [7, 11) is 2.01. The average Bonchev–Trinajstić information content (AvgIpc) is 3.08. The predicted octanol–water partition coefficient (Wildman–Crippen LogP) is 3.88. The van der Waals surface area contributed by atoms with Crippen molar-refractivity contribution in [3.05, 3.63) is 71.5 Å². The van der Waals surface area contributed by atoms with Gasteiger partial charge in [0.05, 0.1) is 0 Å². The van der Waals surface area contributed by atoms with Gasteiger partial charge in [0.15, 0.2) is 0 Å². The van der Waals surface area contributed by atoms with Crippen molar-refractivity contribution in [1.82, 2.24) is 9.99 Å². The van der Waals surface area contributed by atoms with E-state index in [2.05, 4.69) is 35.1 Å². The van der Waals surface area contributed by atoms with Crippen molar-refractivity contribution < 1.29 is 9.53 Å². The van der Waals surface area contributed by atoms with E-state index in [1.54, 1.807) is 0 Å². The Balaban J connectivity index is 1.78. The highest BCUT2D eigenvalue weighted by Gasteiger charge is 2.11. The minimum atomic E-state index is -0.467. The van der Waals surface area contributed by atoms with Crippen LogP contribution in [0.4, 0.5) is 10.5 Å². The third-order valence-corrected chi connectivity index (χ3v) is 4.50. The molecule has 6 heteroatoms. The molecule has 4 N–H and O–H groups in total. The van der Waals surface area contributed by atoms with Crippen LogP contribution in [0.1, 0.15) is 16.7 Å². The lowest BCUT2D eigenvalue weighted by molar-refractivity contribution is 0.252. The van der Waals surface area contributed by atoms with Crippen molar-refractivity contribution in [3.8, 4) is 16.9 Å². The number of hydrogen-bond donors (Lipinski definition) is 3. The highest BCUT2D eigenvalue weighted by atomic mass is 16.5. The number of nitrogens with one attached hydrogen (secondary N) is 2. The Morgan fingerprint density at radius 2 is 1.93 bits per heavy atom. The second kappa shape index (κ2) is 7.97. The Bertz CT molecular complexity index is 963. The van der Waals surface area contributed by atoms with Crippen LogP contribution in [0.3, 0.4) is 0 Å². The van der Waals surface area contributed by atoms with Crippen molar-refractivity contribution in [3.63, 3.8) is 0 Å². The fourth-order valence-corrected chi connectivity index (χ4v) is 2.98. The molecule has 1 aromatic heterocycles. The molecular weight excluding hydrogens is 340 g/mol. The van der Waals surface area contributed by atoms with Crippen LogP contribution in [0.25, 0.3) is 11.1 Å². The normalized spacial score (nSPS) is 10.5. The molecular formula is C21H24N4O2. The fourth-order valence-electron chi connectivity index (χ4n) is 2.98. The maximum atomic E-state index is 11.6. The SMILES string of the molecule is Cc1cc(-c2ccn(C)c2)ccc1OCc1c(C)cccc1NC(=O)NN. The third kappa shape index (κ3) is 4.30. The summed E-state index contributed by atoms with van der Waals surface area (Å²) in [6, 6.07) is 13.5. The zero-order valence-corrected chi connectivity index (χ0v) is 15.7. The molecule has 0 radical (unpaired) electrons. The van der Waals surface area contributed by atoms with Crippen molar-refractivity contribution >= 4 is 11.7 Å². The smallest absolute Gasteiger partial charge is 0.333 e. The van der Waals surface area contributed by atoms with E-state index in [0.29, 0.717) is 12.3 Å². The van der Waals surface area contributed by atoms with E-state index in [9.17, 15) is 4.79 Å². The number of benzene rings is 2. The Hall–Kier alpha value is -3.25. The highest BCUT2D eigenvalue weighted by molar-refractivity contribution is 5.89. The van der Waals surface area contributed by atoms with Gasteiger partial charge >= 0.3 is 6.03 Å². The molecule has 0 atom stereocenters. The number of hydrazine groups is 1. The van der Waals surface area contributed by atoms with Gasteiger partial charge in [-0.2, -0.15) is 0 Å². The Kier molecular flexibility index (Phi) is 5.47. The van der Waals surface area contributed by atoms with Crippen LogP contribution < -0.4 is 21.3 Å². The number of aryl methyl sites for hydroxylation is 3. The topological polar surface area (TPSA) is 81.3 Å². The summed E-state index contributed by atoms with van der Waals surface area (Å²) in [5, 5.41) is 2.73. The van der Waals surface area contributed by atoms with Crippen LogP contribution in [0.2, 0.25) is 0 Å². The summed E-state index contributed by atoms with van der Waals surface area (Å²) in [5.41, 5.74) is 8.07. The summed E-state index contributed by atoms with van der Waals surface area (Å²) in [6.45, 7) is 4.36. The molecule has 0 unspecified atom stereocenters. The number of anilines is 1. The first-order valence-electron chi connectivity index (χ1n) is 8.70. The summed E-state index contributed by atoms with van der Waals surface area (Å²) in [5.74, 6) is 5.97. The molecule has 0 aliphatic carbocycles. The molecule has 2 aromatic carbocycles. The van der Waals surface area contributed by atoms with Gasteiger partial charge in [0, 0.05) is 30.7 Å². The van der Waals surface area contributed by atoms with Crippen molar-refractivity contribution in [2.45, 2.75) is 20.5 Å². The Morgan fingerprint density at radius 1 is 1.11 bits per heavy atom. The first kappa shape index (κ1) is 18.5. The summed E-state index contributed by atoms with van der Waals surface area (Å²) < 4.78 is 8.07. The summed E-state index contributed by atoms with van der Waals surface area (Å²) in [6.07, 6.45) is 4.11. The van der Waals surface area contributed by atoms with E-state index in [4.69, 9.17) is 10.6 Å². The van der Waals surface area contributed by atoms with Crippen LogP contribution >= 0.6 is 0 Å². The molecule has 0 saturated heterocycles. The van der Waals surface area contributed by atoms with E-state index in [-0.39, 0.29) is 0 Å². The number of nitrogens with zero attached hydrogens (tertiary/aromatic N) is 1. The zero-order valence-electron chi connectivity index (χ0n) is 15.7. The molecule has 0 spiro atoms. The van der Waals surface area contributed by atoms with Crippen LogP contribution in [0.15, 0.2) is 54.9 Å². The minimum Gasteiger partial charge on any atom is -0.489 e. The zero-order chi connectivity index (χ0) is 19.4. The van der Waals surface area contributed by atoms with E-state index in [1.165, 1.54) is 5.56 Å². The van der Waals surface area contributed by atoms with Gasteiger partial charge in [0.2, 0.25) is 0 Å². The number of carbonyl (C=O) groups is 1. The summed E-state index contributed by atoms with van der Waals surface area (Å²) in [4.78, 5) is 11.6. The van der Waals surface area contributed by atoms with Crippen LogP contribution in [0, 0.1) is 13.8 Å². The van der Waals surface area contributed by atoms with Crippen molar-refractivity contribution in [2.24, 2.45) is 12.9 Å². The number of aromatic nitrogens is 1. The molecule has 6 nitrogen and oxygen atoms in total. The van der Waals surface area contributed by atoms with Gasteiger partial charge in [-0.1, -0.05) is 18.2 Å². The number of hydrogen-bond acceptors (Lipinski definition) is 3. The number of amides is 2. The monoisotopic (exact) mass is 364 g/mol. The van der Waals surface area contributed by atoms with Crippen molar-refractivity contribution in [1.29, 1.82) is 0 Å². The average molecular weight is 364 g/mol. The van der Waals surface area contributed by atoms with Gasteiger partial charge in [-0.15, -0.1) is 0 Å². The van der Waals surface area contributed by atoms with Gasteiger partial charge in [-0.3, -0.25) is 5.43 Å². The molecule has 0 bridgehead atoms. The lowest BCUT2D eigenvalue weighted by Gasteiger charge is -2.16. The lowest BCUT2D eigenvalue weighted by Crippen LogP contribution is -2.34. The van der Waals surface area contributed by atoms with Crippen LogP contribution in [-0.4, -0.2) is 10.6 Å². The Labute approximate surface area is 158 Å². The number of carbonyl (C=O) groups excluding carboxylic acids is 1. The molecule has 3 rings (SSSR count). The van der Waals surface area contributed by atoms with Gasteiger partial charge in [-0.05, 0) is 60.4 Å². The molecule has 27 heavy (non-hydrogen) atoms. The van der Waals surface area contributed by atoms with Gasteiger partial charge in [-0.25, -0.2) is 10.6 Å². The standard InChI is InChI=1S/C21H24N4O2/c1-14-5-4-6-19(23-21(26)24-22)18(14)13-27-20-8-7-16(11-15(20)2)17-9-10-25(3)12-17/h4-12H,13,22H2,1-3H3,(H2,23,24,26). The predicted molar refractivity (Wildman–Crippen MR) is 107 cm³/mol. The highest BCUT2D eigenvalue weighted by Crippen LogP contribution is 2.28. The maximum absolute atomic E-state index is 11.6. The van der Waals surface area contributed by atoms with Crippen LogP contribution in [0.5, 0.6) is 5.75 Å². The lowest BCUT2D eigenvalue weighted by atomic mass is 10.1. The quantitative estimate of drug-likeness (QED) is 0.365. The van der Waals surface area contributed by atoms with Gasteiger partial charge in [0.25, 0.3) is 0 Å². The van der Waals surface area contributed by atoms with E-state index in [1.807, 2.05) is 55.9 Å². The molecule has 140 valence electrons. The fraction of sp³-hybridized carbons (Fsp3) is 0.190. The molecule has 1 heterocycles. The van der Waals surface area contributed by atoms with E-state index >= 15 is 0 Å². The minimum absolute atomic E-state index is 0.346. The molecule has 0 aliphatic heterocycles. The number of urea groups is 1. The van der Waals surface area contributed by atoms with Gasteiger partial charge in [0.1, 0.15) is 12.4 Å². The largest absolute Gasteiger partial charge is 0.489 e. The first-order valence-corrected chi connectivity index (χ1v) is 8.70. The van der Waals surface area contributed by atoms with E-state index < -0.39 is 6.03 Å².